The first kappa shape index (κ1) is 24.1. The fraction of sp³-hybridized carbons (Fsp3) is 1.00. The third-order valence-electron chi connectivity index (χ3n) is 4.42. The molecule has 1 atom stereocenters. The highest BCUT2D eigenvalue weighted by molar-refractivity contribution is 7.47. The standard InChI is InChI=1S/C18H40NO4P/c1-2-3-4-5-6-7-8-9-10-11-12-13-14-15-16-17-18-22-24(20,21)23-19/h2-18H2,1,19H3/q+1/p+1. The molecule has 0 aliphatic rings. The quantitative estimate of drug-likeness (QED) is 0.136. The van der Waals surface area contributed by atoms with Crippen molar-refractivity contribution in [1.82, 2.24) is 0 Å². The number of phosphoric ester groups is 1. The Labute approximate surface area is 149 Å². The molecule has 0 aliphatic heterocycles. The SMILES string of the molecule is CCCCCCCCCCCCCCCCCC[O+]P(=O)(O)O[NH3+]. The van der Waals surface area contributed by atoms with E-state index in [-0.39, 0.29) is 6.61 Å². The lowest BCUT2D eigenvalue weighted by Gasteiger charge is -2.03. The average Bonchev–Trinajstić information content (AvgIpc) is 2.57. The van der Waals surface area contributed by atoms with Crippen molar-refractivity contribution in [2.75, 3.05) is 6.61 Å². The van der Waals surface area contributed by atoms with Crippen LogP contribution in [0.4, 0.5) is 0 Å². The minimum Gasteiger partial charge on any atom is -0.253 e. The Morgan fingerprint density at radius 1 is 0.750 bits per heavy atom. The summed E-state index contributed by atoms with van der Waals surface area (Å²) in [5.41, 5.74) is 0. The van der Waals surface area contributed by atoms with Crippen molar-refractivity contribution in [3.05, 3.63) is 0 Å². The van der Waals surface area contributed by atoms with Gasteiger partial charge >= 0.3 is 7.82 Å². The molecule has 0 bridgehead atoms. The normalized spacial score (nSPS) is 14.0. The highest BCUT2D eigenvalue weighted by Crippen LogP contribution is 2.40. The minimum atomic E-state index is -3.87. The van der Waals surface area contributed by atoms with E-state index in [1.165, 1.54) is 89.9 Å². The summed E-state index contributed by atoms with van der Waals surface area (Å²) in [5.74, 6) is 2.91. The maximum absolute atomic E-state index is 11.0. The summed E-state index contributed by atoms with van der Waals surface area (Å²) >= 11 is 0. The molecule has 1 radical (unpaired) electrons. The van der Waals surface area contributed by atoms with Crippen LogP contribution in [0, 0.1) is 0 Å². The van der Waals surface area contributed by atoms with Gasteiger partial charge in [-0.15, -0.1) is 0 Å². The zero-order chi connectivity index (χ0) is 17.9. The van der Waals surface area contributed by atoms with Crippen LogP contribution in [0.5, 0.6) is 0 Å². The highest BCUT2D eigenvalue weighted by atomic mass is 31.2. The molecule has 0 fully saturated rings. The summed E-state index contributed by atoms with van der Waals surface area (Å²) in [7, 11) is -3.87. The van der Waals surface area contributed by atoms with Crippen LogP contribution in [0.1, 0.15) is 110 Å². The molecular weight excluding hydrogens is 325 g/mol. The van der Waals surface area contributed by atoms with Crippen LogP contribution in [0.25, 0.3) is 0 Å². The molecule has 0 aromatic rings. The lowest BCUT2D eigenvalue weighted by Crippen LogP contribution is -2.47. The lowest BCUT2D eigenvalue weighted by molar-refractivity contribution is -0.643. The van der Waals surface area contributed by atoms with Crippen LogP contribution >= 0.6 is 7.82 Å². The summed E-state index contributed by atoms with van der Waals surface area (Å²) in [5, 5.41) is 0. The third kappa shape index (κ3) is 18.4. The number of unbranched alkanes of at least 4 members (excludes halogenated alkanes) is 15. The van der Waals surface area contributed by atoms with Crippen molar-refractivity contribution in [1.29, 1.82) is 0 Å². The summed E-state index contributed by atoms with van der Waals surface area (Å²) in [4.78, 5) is 9.00. The number of hydrogen-bond donors (Lipinski definition) is 2. The second-order valence-electron chi connectivity index (χ2n) is 6.73. The maximum atomic E-state index is 11.0. The second kappa shape index (κ2) is 17.9. The summed E-state index contributed by atoms with van der Waals surface area (Å²) in [6.45, 7) is 2.53. The van der Waals surface area contributed by atoms with E-state index in [2.05, 4.69) is 17.4 Å². The fourth-order valence-electron chi connectivity index (χ4n) is 2.87. The van der Waals surface area contributed by atoms with Crippen molar-refractivity contribution in [2.24, 2.45) is 0 Å². The average molecular weight is 367 g/mol. The largest absolute Gasteiger partial charge is 0.754 e. The first-order valence-corrected chi connectivity index (χ1v) is 11.5. The molecule has 0 amide bonds. The van der Waals surface area contributed by atoms with E-state index < -0.39 is 7.82 Å². The maximum Gasteiger partial charge on any atom is 0.754 e. The molecule has 0 saturated heterocycles. The van der Waals surface area contributed by atoms with E-state index >= 15 is 0 Å². The van der Waals surface area contributed by atoms with Gasteiger partial charge in [0.1, 0.15) is 0 Å². The van der Waals surface area contributed by atoms with Gasteiger partial charge in [-0.25, -0.2) is 0 Å². The van der Waals surface area contributed by atoms with Gasteiger partial charge in [0, 0.05) is 6.42 Å². The lowest BCUT2D eigenvalue weighted by atomic mass is 10.0. The van der Waals surface area contributed by atoms with E-state index in [1.807, 2.05) is 0 Å². The van der Waals surface area contributed by atoms with E-state index in [1.54, 1.807) is 0 Å². The number of hydrogen-bond acceptors (Lipinski definition) is 3. The molecule has 0 aromatic carbocycles. The van der Waals surface area contributed by atoms with Crippen LogP contribution in [0.15, 0.2) is 0 Å². The van der Waals surface area contributed by atoms with Crippen LogP contribution < -0.4 is 5.90 Å². The molecule has 0 saturated carbocycles. The summed E-state index contributed by atoms with van der Waals surface area (Å²) in [6, 6.07) is 0. The molecule has 145 valence electrons. The van der Waals surface area contributed by atoms with Crippen LogP contribution in [0.2, 0.25) is 0 Å². The molecule has 0 rings (SSSR count). The Hall–Kier alpha value is 0.0700. The van der Waals surface area contributed by atoms with Gasteiger partial charge in [0.25, 0.3) is 0 Å². The topological polar surface area (TPSA) is 85.5 Å². The van der Waals surface area contributed by atoms with Crippen molar-refractivity contribution < 1.29 is 24.5 Å². The van der Waals surface area contributed by atoms with Crippen LogP contribution in [0.3, 0.4) is 0 Å². The van der Waals surface area contributed by atoms with Crippen molar-refractivity contribution in [3.8, 4) is 0 Å². The first-order valence-electron chi connectivity index (χ1n) is 10.0. The fourth-order valence-corrected chi connectivity index (χ4v) is 3.30. The van der Waals surface area contributed by atoms with E-state index in [0.717, 1.165) is 12.8 Å². The third-order valence-corrected chi connectivity index (χ3v) is 5.25. The Kier molecular flexibility index (Phi) is 17.9. The number of rotatable bonds is 19. The molecule has 6 heteroatoms. The molecule has 0 spiro atoms. The van der Waals surface area contributed by atoms with Gasteiger partial charge in [-0.3, -0.25) is 4.89 Å². The molecule has 0 aliphatic carbocycles. The van der Waals surface area contributed by atoms with Gasteiger partial charge in [-0.1, -0.05) is 101 Å². The van der Waals surface area contributed by atoms with E-state index in [0.29, 0.717) is 0 Å². The summed E-state index contributed by atoms with van der Waals surface area (Å²) < 4.78 is 19.8. The first-order chi connectivity index (χ1) is 11.6. The van der Waals surface area contributed by atoms with Crippen LogP contribution in [-0.2, 0) is 13.7 Å². The smallest absolute Gasteiger partial charge is 0.253 e. The predicted molar refractivity (Wildman–Crippen MR) is 99.3 cm³/mol. The van der Waals surface area contributed by atoms with Gasteiger partial charge in [0.2, 0.25) is 6.61 Å². The molecule has 0 heterocycles. The van der Waals surface area contributed by atoms with Crippen molar-refractivity contribution >= 4 is 7.82 Å². The Bertz CT molecular complexity index is 303. The summed E-state index contributed by atoms with van der Waals surface area (Å²) in [6.07, 6.45) is 20.9. The van der Waals surface area contributed by atoms with Crippen molar-refractivity contribution in [3.63, 3.8) is 0 Å². The predicted octanol–water partition coefficient (Wildman–Crippen LogP) is 5.54. The van der Waals surface area contributed by atoms with Gasteiger partial charge in [-0.2, -0.15) is 10.5 Å². The zero-order valence-electron chi connectivity index (χ0n) is 15.8. The van der Waals surface area contributed by atoms with Gasteiger partial charge in [-0.05, 0) is 11.0 Å². The monoisotopic (exact) mass is 366 g/mol. The Morgan fingerprint density at radius 3 is 1.42 bits per heavy atom. The zero-order valence-corrected chi connectivity index (χ0v) is 16.7. The van der Waals surface area contributed by atoms with E-state index in [9.17, 15) is 4.57 Å². The molecule has 4 N–H and O–H groups in total. The van der Waals surface area contributed by atoms with Gasteiger partial charge in [0.15, 0.2) is 0 Å². The molecule has 24 heavy (non-hydrogen) atoms. The van der Waals surface area contributed by atoms with Gasteiger partial charge < -0.3 is 0 Å². The molecule has 1 unspecified atom stereocenters. The second-order valence-corrected chi connectivity index (χ2v) is 8.19. The Balaban J connectivity index is 3.06. The molecule has 0 aromatic heterocycles. The van der Waals surface area contributed by atoms with E-state index in [4.69, 9.17) is 9.42 Å². The van der Waals surface area contributed by atoms with Gasteiger partial charge in [0.05, 0.1) is 0 Å². The minimum absolute atomic E-state index is 0.266. The highest BCUT2D eigenvalue weighted by Gasteiger charge is 2.38. The molecule has 5 nitrogen and oxygen atoms in total. The molecular formula is C18H41NO4P+2. The van der Waals surface area contributed by atoms with Crippen LogP contribution in [-0.4, -0.2) is 11.5 Å². The Morgan fingerprint density at radius 2 is 1.08 bits per heavy atom. The van der Waals surface area contributed by atoms with Crippen molar-refractivity contribution in [2.45, 2.75) is 110 Å². The number of phosphoric acid groups is 1. The number of quaternary nitrogens is 1.